The van der Waals surface area contributed by atoms with Crippen molar-refractivity contribution in [1.82, 2.24) is 0 Å². The Bertz CT molecular complexity index is 676. The van der Waals surface area contributed by atoms with Gasteiger partial charge in [0.15, 0.2) is 0 Å². The number of rotatable bonds is 4. The van der Waals surface area contributed by atoms with Gasteiger partial charge in [0.05, 0.1) is 5.02 Å². The molecule has 21 heavy (non-hydrogen) atoms. The van der Waals surface area contributed by atoms with E-state index in [2.05, 4.69) is 0 Å². The number of carboxylic acids is 1. The molecule has 0 bridgehead atoms. The van der Waals surface area contributed by atoms with Crippen molar-refractivity contribution in [3.05, 3.63) is 64.9 Å². The molecule has 0 saturated carbocycles. The second-order valence-electron chi connectivity index (χ2n) is 4.25. The Morgan fingerprint density at radius 2 is 1.81 bits per heavy atom. The zero-order valence-electron chi connectivity index (χ0n) is 10.8. The van der Waals surface area contributed by atoms with Crippen LogP contribution in [0.2, 0.25) is 5.02 Å². The lowest BCUT2D eigenvalue weighted by Crippen LogP contribution is -2.35. The van der Waals surface area contributed by atoms with Crippen LogP contribution >= 0.6 is 11.6 Å². The molecule has 0 unspecified atom stereocenters. The molecular weight excluding hydrogens is 297 g/mol. The van der Waals surface area contributed by atoms with Crippen LogP contribution in [0.1, 0.15) is 10.4 Å². The van der Waals surface area contributed by atoms with Crippen molar-refractivity contribution in [2.24, 2.45) is 0 Å². The van der Waals surface area contributed by atoms with Crippen LogP contribution in [0.15, 0.2) is 48.5 Å². The fourth-order valence-corrected chi connectivity index (χ4v) is 1.99. The third kappa shape index (κ3) is 3.58. The molecule has 0 spiro atoms. The highest BCUT2D eigenvalue weighted by Crippen LogP contribution is 2.20. The zero-order chi connectivity index (χ0) is 15.4. The van der Waals surface area contributed by atoms with Crippen LogP contribution in [0.5, 0.6) is 0 Å². The lowest BCUT2D eigenvalue weighted by atomic mass is 10.1. The highest BCUT2D eigenvalue weighted by Gasteiger charge is 2.21. The standard InChI is InChI=1S/C15H11ClFNO3/c16-12-8-10(6-7-13(12)17)15(21)18(9-14(19)20)11-4-2-1-3-5-11/h1-8H,9H2,(H,19,20). The molecule has 0 aliphatic heterocycles. The molecule has 108 valence electrons. The third-order valence-electron chi connectivity index (χ3n) is 2.77. The van der Waals surface area contributed by atoms with Crippen molar-refractivity contribution in [3.8, 4) is 0 Å². The number of hydrogen-bond acceptors (Lipinski definition) is 2. The van der Waals surface area contributed by atoms with Crippen LogP contribution < -0.4 is 4.90 Å². The van der Waals surface area contributed by atoms with E-state index in [9.17, 15) is 14.0 Å². The summed E-state index contributed by atoms with van der Waals surface area (Å²) in [6, 6.07) is 11.9. The van der Waals surface area contributed by atoms with E-state index in [1.807, 2.05) is 0 Å². The van der Waals surface area contributed by atoms with Crippen LogP contribution in [0.4, 0.5) is 10.1 Å². The normalized spacial score (nSPS) is 10.2. The SMILES string of the molecule is O=C(O)CN(C(=O)c1ccc(F)c(Cl)c1)c1ccccc1. The minimum Gasteiger partial charge on any atom is -0.480 e. The average Bonchev–Trinajstić information content (AvgIpc) is 2.47. The molecule has 0 radical (unpaired) electrons. The Morgan fingerprint density at radius 1 is 1.14 bits per heavy atom. The maximum absolute atomic E-state index is 13.1. The van der Waals surface area contributed by atoms with Crippen molar-refractivity contribution in [3.63, 3.8) is 0 Å². The number of benzene rings is 2. The number of carboxylic acid groups (broad SMARTS) is 1. The molecule has 0 saturated heterocycles. The lowest BCUT2D eigenvalue weighted by Gasteiger charge is -2.21. The average molecular weight is 308 g/mol. The van der Waals surface area contributed by atoms with Gasteiger partial charge in [0.1, 0.15) is 12.4 Å². The van der Waals surface area contributed by atoms with Crippen LogP contribution in [0.3, 0.4) is 0 Å². The molecule has 0 fully saturated rings. The minimum absolute atomic E-state index is 0.117. The highest BCUT2D eigenvalue weighted by atomic mass is 35.5. The zero-order valence-corrected chi connectivity index (χ0v) is 11.5. The minimum atomic E-state index is -1.15. The van der Waals surface area contributed by atoms with Gasteiger partial charge in [-0.3, -0.25) is 14.5 Å². The van der Waals surface area contributed by atoms with E-state index in [0.717, 1.165) is 11.0 Å². The third-order valence-corrected chi connectivity index (χ3v) is 3.06. The number of carbonyl (C=O) groups is 2. The van der Waals surface area contributed by atoms with E-state index in [1.54, 1.807) is 30.3 Å². The molecule has 6 heteroatoms. The highest BCUT2D eigenvalue weighted by molar-refractivity contribution is 6.31. The van der Waals surface area contributed by atoms with Gasteiger partial charge >= 0.3 is 5.97 Å². The summed E-state index contributed by atoms with van der Waals surface area (Å²) < 4.78 is 13.1. The predicted octanol–water partition coefficient (Wildman–Crippen LogP) is 3.21. The summed E-state index contributed by atoms with van der Waals surface area (Å²) >= 11 is 5.65. The summed E-state index contributed by atoms with van der Waals surface area (Å²) in [6.07, 6.45) is 0. The molecule has 4 nitrogen and oxygen atoms in total. The summed E-state index contributed by atoms with van der Waals surface area (Å²) in [5.74, 6) is -2.36. The molecule has 1 amide bonds. The van der Waals surface area contributed by atoms with E-state index in [0.29, 0.717) is 5.69 Å². The number of hydrogen-bond donors (Lipinski definition) is 1. The molecule has 2 aromatic rings. The van der Waals surface area contributed by atoms with Gasteiger partial charge < -0.3 is 5.11 Å². The van der Waals surface area contributed by atoms with Gasteiger partial charge in [-0.1, -0.05) is 29.8 Å². The molecule has 0 atom stereocenters. The van der Waals surface area contributed by atoms with Gasteiger partial charge in [-0.25, -0.2) is 4.39 Å². The van der Waals surface area contributed by atoms with Gasteiger partial charge in [-0.15, -0.1) is 0 Å². The van der Waals surface area contributed by atoms with Gasteiger partial charge in [-0.05, 0) is 30.3 Å². The van der Waals surface area contributed by atoms with Crippen molar-refractivity contribution in [2.45, 2.75) is 0 Å². The largest absolute Gasteiger partial charge is 0.480 e. The molecule has 0 aliphatic carbocycles. The summed E-state index contributed by atoms with van der Waals surface area (Å²) in [5, 5.41) is 8.77. The Labute approximate surface area is 125 Å². The summed E-state index contributed by atoms with van der Waals surface area (Å²) in [4.78, 5) is 24.5. The lowest BCUT2D eigenvalue weighted by molar-refractivity contribution is -0.135. The number of para-hydroxylation sites is 1. The smallest absolute Gasteiger partial charge is 0.323 e. The van der Waals surface area contributed by atoms with Crippen LogP contribution in [-0.2, 0) is 4.79 Å². The summed E-state index contributed by atoms with van der Waals surface area (Å²) in [6.45, 7) is -0.502. The number of anilines is 1. The molecule has 0 aromatic heterocycles. The number of nitrogens with zero attached hydrogens (tertiary/aromatic N) is 1. The Kier molecular flexibility index (Phi) is 4.55. The number of aliphatic carboxylic acids is 1. The van der Waals surface area contributed by atoms with Crippen LogP contribution in [0, 0.1) is 5.82 Å². The molecular formula is C15H11ClFNO3. The second-order valence-corrected chi connectivity index (χ2v) is 4.66. The fourth-order valence-electron chi connectivity index (χ4n) is 1.81. The Balaban J connectivity index is 2.38. The van der Waals surface area contributed by atoms with Crippen LogP contribution in [-0.4, -0.2) is 23.5 Å². The summed E-state index contributed by atoms with van der Waals surface area (Å²) in [5.41, 5.74) is 0.553. The van der Waals surface area contributed by atoms with E-state index in [1.165, 1.54) is 12.1 Å². The fraction of sp³-hybridized carbons (Fsp3) is 0.0667. The second kappa shape index (κ2) is 6.37. The van der Waals surface area contributed by atoms with E-state index >= 15 is 0 Å². The summed E-state index contributed by atoms with van der Waals surface area (Å²) in [7, 11) is 0. The van der Waals surface area contributed by atoms with Gasteiger partial charge in [0, 0.05) is 11.3 Å². The topological polar surface area (TPSA) is 57.6 Å². The monoisotopic (exact) mass is 307 g/mol. The first-order valence-corrected chi connectivity index (χ1v) is 6.40. The maximum Gasteiger partial charge on any atom is 0.323 e. The van der Waals surface area contributed by atoms with E-state index in [4.69, 9.17) is 16.7 Å². The molecule has 1 N–H and O–H groups in total. The molecule has 0 aliphatic rings. The first-order valence-electron chi connectivity index (χ1n) is 6.03. The van der Waals surface area contributed by atoms with E-state index < -0.39 is 24.2 Å². The van der Waals surface area contributed by atoms with Crippen molar-refractivity contribution in [2.75, 3.05) is 11.4 Å². The quantitative estimate of drug-likeness (QED) is 0.943. The maximum atomic E-state index is 13.1. The van der Waals surface area contributed by atoms with E-state index in [-0.39, 0.29) is 10.6 Å². The van der Waals surface area contributed by atoms with Crippen molar-refractivity contribution < 1.29 is 19.1 Å². The molecule has 2 rings (SSSR count). The van der Waals surface area contributed by atoms with Gasteiger partial charge in [-0.2, -0.15) is 0 Å². The number of carbonyl (C=O) groups excluding carboxylic acids is 1. The molecule has 2 aromatic carbocycles. The van der Waals surface area contributed by atoms with Crippen molar-refractivity contribution >= 4 is 29.2 Å². The number of halogens is 2. The number of amides is 1. The van der Waals surface area contributed by atoms with Crippen molar-refractivity contribution in [1.29, 1.82) is 0 Å². The van der Waals surface area contributed by atoms with Crippen LogP contribution in [0.25, 0.3) is 0 Å². The first-order chi connectivity index (χ1) is 9.99. The predicted molar refractivity (Wildman–Crippen MR) is 77.2 cm³/mol. The Morgan fingerprint density at radius 3 is 2.38 bits per heavy atom. The van der Waals surface area contributed by atoms with Gasteiger partial charge in [0.2, 0.25) is 0 Å². The first kappa shape index (κ1) is 15.0. The Hall–Kier alpha value is -2.40. The van der Waals surface area contributed by atoms with Gasteiger partial charge in [0.25, 0.3) is 5.91 Å². The molecule has 0 heterocycles.